The molecule has 4 aromatic carbocycles. The maximum absolute atomic E-state index is 10.2. The van der Waals surface area contributed by atoms with E-state index < -0.39 is 0 Å². The molecule has 0 spiro atoms. The van der Waals surface area contributed by atoms with Crippen LogP contribution in [0.25, 0.3) is 80.0 Å². The highest BCUT2D eigenvalue weighted by Gasteiger charge is 2.19. The van der Waals surface area contributed by atoms with Gasteiger partial charge < -0.3 is 19.3 Å². The summed E-state index contributed by atoms with van der Waals surface area (Å²) >= 11 is 0. The van der Waals surface area contributed by atoms with Gasteiger partial charge in [0.2, 0.25) is 0 Å². The van der Waals surface area contributed by atoms with E-state index in [1.54, 1.807) is 24.3 Å². The van der Waals surface area contributed by atoms with Crippen LogP contribution in [-0.4, -0.2) is 29.3 Å². The Morgan fingerprint density at radius 3 is 1.24 bits per heavy atom. The Labute approximate surface area is 288 Å². The zero-order valence-electron chi connectivity index (χ0n) is 26.8. The molecule has 5 heterocycles. The van der Waals surface area contributed by atoms with E-state index in [2.05, 4.69) is 81.9 Å². The predicted octanol–water partition coefficient (Wildman–Crippen LogP) is 10.3. The van der Waals surface area contributed by atoms with Crippen molar-refractivity contribution in [2.24, 2.45) is 0 Å². The van der Waals surface area contributed by atoms with Gasteiger partial charge in [-0.3, -0.25) is 0 Å². The van der Waals surface area contributed by atoms with Gasteiger partial charge in [0.05, 0.1) is 33.8 Å². The van der Waals surface area contributed by atoms with Crippen molar-refractivity contribution in [2.75, 3.05) is 0 Å². The summed E-state index contributed by atoms with van der Waals surface area (Å²) in [4.78, 5) is 10.4. The highest BCUT2D eigenvalue weighted by Crippen LogP contribution is 2.37. The van der Waals surface area contributed by atoms with Crippen molar-refractivity contribution in [2.45, 2.75) is 0 Å². The van der Waals surface area contributed by atoms with Crippen LogP contribution < -0.4 is 0 Å². The molecule has 0 atom stereocenters. The van der Waals surface area contributed by atoms with Gasteiger partial charge >= 0.3 is 0 Å². The SMILES string of the molecule is Oc1ccc(-n2c3ccc2c(-c2ccccc2)c2nc(c(-c4ccccc4)c4ccc(cc5nc(c3)C=C5)n4-c3ccc(O)cc3)C=C2)cc1. The van der Waals surface area contributed by atoms with Crippen molar-refractivity contribution in [1.29, 1.82) is 0 Å². The molecule has 0 aliphatic carbocycles. The Morgan fingerprint density at radius 2 is 0.820 bits per heavy atom. The van der Waals surface area contributed by atoms with Crippen molar-refractivity contribution in [3.63, 3.8) is 0 Å². The van der Waals surface area contributed by atoms with Crippen LogP contribution in [0.1, 0.15) is 22.8 Å². The molecule has 6 nitrogen and oxygen atoms in total. The first kappa shape index (κ1) is 29.2. The van der Waals surface area contributed by atoms with Crippen LogP contribution in [0, 0.1) is 0 Å². The second kappa shape index (κ2) is 12.0. The summed E-state index contributed by atoms with van der Waals surface area (Å²) < 4.78 is 4.40. The van der Waals surface area contributed by atoms with Crippen LogP contribution in [0.2, 0.25) is 0 Å². The minimum Gasteiger partial charge on any atom is -0.508 e. The van der Waals surface area contributed by atoms with E-state index >= 15 is 0 Å². The number of phenolic OH excluding ortho intramolecular Hbond substituents is 2. The lowest BCUT2D eigenvalue weighted by Crippen LogP contribution is -1.97. The Kier molecular flexibility index (Phi) is 6.99. The van der Waals surface area contributed by atoms with Crippen LogP contribution in [0.4, 0.5) is 0 Å². The average molecular weight is 647 g/mol. The minimum absolute atomic E-state index is 0.207. The van der Waals surface area contributed by atoms with E-state index in [4.69, 9.17) is 9.97 Å². The van der Waals surface area contributed by atoms with Gasteiger partial charge in [-0.25, -0.2) is 9.97 Å². The maximum Gasteiger partial charge on any atom is 0.115 e. The number of rotatable bonds is 4. The Bertz CT molecular complexity index is 2450. The van der Waals surface area contributed by atoms with Crippen molar-refractivity contribution in [3.05, 3.63) is 168 Å². The summed E-state index contributed by atoms with van der Waals surface area (Å²) in [6.45, 7) is 0. The highest BCUT2D eigenvalue weighted by atomic mass is 16.3. The fourth-order valence-electron chi connectivity index (χ4n) is 6.86. The fraction of sp³-hybridized carbons (Fsp3) is 0. The Balaban J connectivity index is 1.49. The van der Waals surface area contributed by atoms with Gasteiger partial charge in [-0.2, -0.15) is 0 Å². The lowest BCUT2D eigenvalue weighted by Gasteiger charge is -2.12. The lowest BCUT2D eigenvalue weighted by atomic mass is 10.0. The topological polar surface area (TPSA) is 76.1 Å². The molecule has 6 heteroatoms. The summed E-state index contributed by atoms with van der Waals surface area (Å²) in [5.41, 5.74) is 12.9. The van der Waals surface area contributed by atoms with Crippen LogP contribution >= 0.6 is 0 Å². The number of hydrogen-bond acceptors (Lipinski definition) is 4. The van der Waals surface area contributed by atoms with E-state index in [0.29, 0.717) is 0 Å². The third-order valence-electron chi connectivity index (χ3n) is 9.10. The number of phenols is 2. The normalized spacial score (nSPS) is 12.0. The van der Waals surface area contributed by atoms with Gasteiger partial charge in [0, 0.05) is 33.5 Å². The van der Waals surface area contributed by atoms with Crippen LogP contribution in [0.5, 0.6) is 11.5 Å². The molecule has 0 fully saturated rings. The molecular weight excluding hydrogens is 617 g/mol. The monoisotopic (exact) mass is 646 g/mol. The van der Waals surface area contributed by atoms with E-state index in [1.165, 1.54) is 0 Å². The first-order valence-corrected chi connectivity index (χ1v) is 16.4. The number of benzene rings is 4. The second-order valence-corrected chi connectivity index (χ2v) is 12.3. The zero-order valence-corrected chi connectivity index (χ0v) is 26.8. The molecule has 7 aromatic rings. The van der Waals surface area contributed by atoms with Crippen molar-refractivity contribution in [1.82, 2.24) is 19.1 Å². The van der Waals surface area contributed by atoms with Crippen LogP contribution in [-0.2, 0) is 0 Å². The smallest absolute Gasteiger partial charge is 0.115 e. The molecule has 8 bridgehead atoms. The van der Waals surface area contributed by atoms with Gasteiger partial charge in [-0.15, -0.1) is 0 Å². The quantitative estimate of drug-likeness (QED) is 0.200. The number of nitrogens with zero attached hydrogens (tertiary/aromatic N) is 4. The van der Waals surface area contributed by atoms with Gasteiger partial charge in [-0.1, -0.05) is 60.7 Å². The zero-order chi connectivity index (χ0) is 33.6. The van der Waals surface area contributed by atoms with E-state index in [1.807, 2.05) is 72.8 Å². The lowest BCUT2D eigenvalue weighted by molar-refractivity contribution is 0.474. The first-order valence-electron chi connectivity index (χ1n) is 16.4. The fourth-order valence-corrected chi connectivity index (χ4v) is 6.86. The third kappa shape index (κ3) is 5.16. The molecular formula is C44H30N4O2. The minimum atomic E-state index is 0.207. The predicted molar refractivity (Wildman–Crippen MR) is 203 cm³/mol. The molecule has 2 aliphatic rings. The standard InChI is InChI=1S/C44H30N4O2/c49-37-19-13-33(14-20-37)47-35-17-25-41(47)43(29-7-3-1-4-8-29)39-23-24-40(46-39)44(30-9-5-2-6-10-30)42-26-18-36(28-32-12-11-31(27-35)45-32)48(42)34-15-21-38(50)22-16-34/h1-28,49-50H. The summed E-state index contributed by atoms with van der Waals surface area (Å²) in [7, 11) is 0. The molecule has 9 rings (SSSR count). The molecule has 0 radical (unpaired) electrons. The Morgan fingerprint density at radius 1 is 0.400 bits per heavy atom. The second-order valence-electron chi connectivity index (χ2n) is 12.3. The molecule has 2 aliphatic heterocycles. The van der Waals surface area contributed by atoms with Gasteiger partial charge in [0.15, 0.2) is 0 Å². The van der Waals surface area contributed by atoms with Gasteiger partial charge in [-0.05, 0) is 120 Å². The Hall–Kier alpha value is -6.92. The molecule has 0 unspecified atom stereocenters. The van der Waals surface area contributed by atoms with Crippen molar-refractivity contribution in [3.8, 4) is 45.1 Å². The molecule has 50 heavy (non-hydrogen) atoms. The molecule has 2 N–H and O–H groups in total. The summed E-state index contributed by atoms with van der Waals surface area (Å²) in [5, 5.41) is 20.4. The number of fused-ring (bicyclic) bond motifs is 8. The number of aromatic hydroxyl groups is 2. The van der Waals surface area contributed by atoms with Crippen molar-refractivity contribution >= 4 is 46.4 Å². The molecule has 238 valence electrons. The van der Waals surface area contributed by atoms with Gasteiger partial charge in [0.1, 0.15) is 11.5 Å². The van der Waals surface area contributed by atoms with Gasteiger partial charge in [0.25, 0.3) is 0 Å². The molecule has 0 saturated heterocycles. The largest absolute Gasteiger partial charge is 0.508 e. The maximum atomic E-state index is 10.2. The summed E-state index contributed by atoms with van der Waals surface area (Å²) in [5.74, 6) is 0.414. The van der Waals surface area contributed by atoms with E-state index in [0.717, 1.165) is 78.5 Å². The highest BCUT2D eigenvalue weighted by molar-refractivity contribution is 5.97. The molecule has 3 aromatic heterocycles. The number of hydrogen-bond donors (Lipinski definition) is 2. The van der Waals surface area contributed by atoms with E-state index in [9.17, 15) is 10.2 Å². The molecule has 0 amide bonds. The van der Waals surface area contributed by atoms with Crippen LogP contribution in [0.3, 0.4) is 0 Å². The van der Waals surface area contributed by atoms with Crippen LogP contribution in [0.15, 0.2) is 146 Å². The van der Waals surface area contributed by atoms with E-state index in [-0.39, 0.29) is 11.5 Å². The number of aromatic nitrogens is 4. The first-order chi connectivity index (χ1) is 24.6. The van der Waals surface area contributed by atoms with Crippen molar-refractivity contribution < 1.29 is 10.2 Å². The summed E-state index contributed by atoms with van der Waals surface area (Å²) in [6, 6.07) is 47.9. The summed E-state index contributed by atoms with van der Waals surface area (Å²) in [6.07, 6.45) is 8.25. The average Bonchev–Trinajstić information content (AvgIpc) is 3.96. The third-order valence-corrected chi connectivity index (χ3v) is 9.10. The molecule has 0 saturated carbocycles.